The second kappa shape index (κ2) is 5.44. The van der Waals surface area contributed by atoms with Crippen LogP contribution in [0.2, 0.25) is 0 Å². The summed E-state index contributed by atoms with van der Waals surface area (Å²) in [4.78, 5) is 7.45. The second-order valence-electron chi connectivity index (χ2n) is 4.65. The molecule has 0 amide bonds. The van der Waals surface area contributed by atoms with Crippen LogP contribution in [0.5, 0.6) is 0 Å². The zero-order valence-electron chi connectivity index (χ0n) is 11.2. The minimum atomic E-state index is -0.327. The Hall–Kier alpha value is -2.18. The van der Waals surface area contributed by atoms with Gasteiger partial charge in [0.05, 0.1) is 6.04 Å². The Morgan fingerprint density at radius 1 is 1.40 bits per heavy atom. The van der Waals surface area contributed by atoms with E-state index in [1.165, 1.54) is 5.39 Å². The first-order valence-corrected chi connectivity index (χ1v) is 6.40. The third-order valence-corrected chi connectivity index (χ3v) is 3.19. The number of nitrogens with two attached hydrogens (primary N) is 1. The van der Waals surface area contributed by atoms with Crippen LogP contribution in [0.25, 0.3) is 10.9 Å². The summed E-state index contributed by atoms with van der Waals surface area (Å²) in [5.41, 5.74) is 8.37. The zero-order valence-corrected chi connectivity index (χ0v) is 11.2. The maximum absolute atomic E-state index is 6.14. The summed E-state index contributed by atoms with van der Waals surface area (Å²) in [5, 5.41) is 4.99. The number of nitrogens with zero attached hydrogens (tertiary/aromatic N) is 2. The number of aromatic nitrogens is 3. The molecule has 3 N–H and O–H groups in total. The average Bonchev–Trinajstić information content (AvgIpc) is 3.07. The molecule has 104 valence electrons. The molecule has 0 saturated heterocycles. The Balaban J connectivity index is 1.79. The number of methoxy groups -OCH3 is 1. The van der Waals surface area contributed by atoms with Crippen molar-refractivity contribution in [3.8, 4) is 0 Å². The largest absolute Gasteiger partial charge is 0.377 e. The number of nitrogens with one attached hydrogen (secondary N) is 1. The van der Waals surface area contributed by atoms with Gasteiger partial charge in [-0.25, -0.2) is 0 Å². The minimum absolute atomic E-state index is 0.323. The van der Waals surface area contributed by atoms with Gasteiger partial charge in [0.15, 0.2) is 5.82 Å². The van der Waals surface area contributed by atoms with E-state index in [1.54, 1.807) is 7.11 Å². The molecule has 1 atom stereocenters. The van der Waals surface area contributed by atoms with Gasteiger partial charge >= 0.3 is 0 Å². The van der Waals surface area contributed by atoms with Gasteiger partial charge in [-0.05, 0) is 18.1 Å². The van der Waals surface area contributed by atoms with Crippen LogP contribution < -0.4 is 5.73 Å². The van der Waals surface area contributed by atoms with Crippen molar-refractivity contribution < 1.29 is 9.26 Å². The Morgan fingerprint density at radius 2 is 2.25 bits per heavy atom. The fourth-order valence-electron chi connectivity index (χ4n) is 2.23. The highest BCUT2D eigenvalue weighted by Gasteiger charge is 2.17. The first-order valence-electron chi connectivity index (χ1n) is 6.40. The third kappa shape index (κ3) is 2.43. The van der Waals surface area contributed by atoms with Gasteiger partial charge in [0.2, 0.25) is 5.89 Å². The van der Waals surface area contributed by atoms with Crippen molar-refractivity contribution in [3.63, 3.8) is 0 Å². The molecule has 20 heavy (non-hydrogen) atoms. The van der Waals surface area contributed by atoms with Gasteiger partial charge in [-0.2, -0.15) is 4.98 Å². The molecule has 0 bridgehead atoms. The fraction of sp³-hybridized carbons (Fsp3) is 0.286. The van der Waals surface area contributed by atoms with Crippen LogP contribution in [-0.4, -0.2) is 22.2 Å². The predicted molar refractivity (Wildman–Crippen MR) is 73.9 cm³/mol. The molecular formula is C14H16N4O2. The molecule has 3 rings (SSSR count). The topological polar surface area (TPSA) is 90.0 Å². The molecule has 3 aromatic rings. The number of hydrogen-bond acceptors (Lipinski definition) is 5. The smallest absolute Gasteiger partial charge is 0.243 e. The SMILES string of the molecule is COCc1noc([C@@H](N)Cc2c[nH]c3ccccc23)n1. The number of aromatic amines is 1. The molecule has 6 heteroatoms. The van der Waals surface area contributed by atoms with Crippen molar-refractivity contribution >= 4 is 10.9 Å². The predicted octanol–water partition coefficient (Wildman–Crippen LogP) is 1.94. The zero-order chi connectivity index (χ0) is 13.9. The van der Waals surface area contributed by atoms with Gasteiger partial charge in [-0.3, -0.25) is 0 Å². The molecule has 1 aromatic carbocycles. The number of para-hydroxylation sites is 1. The molecule has 0 radical (unpaired) electrons. The first kappa shape index (κ1) is 12.8. The van der Waals surface area contributed by atoms with Crippen LogP contribution in [0, 0.1) is 0 Å². The van der Waals surface area contributed by atoms with Crippen LogP contribution in [0.1, 0.15) is 23.3 Å². The van der Waals surface area contributed by atoms with E-state index in [-0.39, 0.29) is 6.04 Å². The molecule has 0 saturated carbocycles. The second-order valence-corrected chi connectivity index (χ2v) is 4.65. The van der Waals surface area contributed by atoms with Crippen molar-refractivity contribution in [2.24, 2.45) is 5.73 Å². The maximum atomic E-state index is 6.14. The molecule has 0 spiro atoms. The van der Waals surface area contributed by atoms with Crippen molar-refractivity contribution in [2.75, 3.05) is 7.11 Å². The van der Waals surface area contributed by atoms with Gasteiger partial charge < -0.3 is 20.0 Å². The van der Waals surface area contributed by atoms with Gasteiger partial charge in [-0.1, -0.05) is 23.4 Å². The van der Waals surface area contributed by atoms with E-state index in [9.17, 15) is 0 Å². The van der Waals surface area contributed by atoms with Crippen molar-refractivity contribution in [3.05, 3.63) is 47.7 Å². The summed E-state index contributed by atoms with van der Waals surface area (Å²) in [6.07, 6.45) is 2.61. The Bertz CT molecular complexity index is 704. The molecule has 0 unspecified atom stereocenters. The number of rotatable bonds is 5. The molecule has 2 heterocycles. The molecular weight excluding hydrogens is 256 g/mol. The third-order valence-electron chi connectivity index (χ3n) is 3.19. The minimum Gasteiger partial charge on any atom is -0.377 e. The fourth-order valence-corrected chi connectivity index (χ4v) is 2.23. The maximum Gasteiger partial charge on any atom is 0.243 e. The molecule has 0 fully saturated rings. The quantitative estimate of drug-likeness (QED) is 0.740. The average molecular weight is 272 g/mol. The number of benzene rings is 1. The lowest BCUT2D eigenvalue weighted by molar-refractivity contribution is 0.174. The molecule has 0 aliphatic heterocycles. The Morgan fingerprint density at radius 3 is 3.10 bits per heavy atom. The summed E-state index contributed by atoms with van der Waals surface area (Å²) >= 11 is 0. The van der Waals surface area contributed by atoms with E-state index in [4.69, 9.17) is 15.0 Å². The van der Waals surface area contributed by atoms with Gasteiger partial charge in [-0.15, -0.1) is 0 Å². The van der Waals surface area contributed by atoms with Crippen LogP contribution >= 0.6 is 0 Å². The Kier molecular flexibility index (Phi) is 3.49. The van der Waals surface area contributed by atoms with Crippen molar-refractivity contribution in [1.29, 1.82) is 0 Å². The van der Waals surface area contributed by atoms with E-state index >= 15 is 0 Å². The first-order chi connectivity index (χ1) is 9.78. The number of hydrogen-bond donors (Lipinski definition) is 2. The summed E-state index contributed by atoms with van der Waals surface area (Å²) in [5.74, 6) is 0.944. The van der Waals surface area contributed by atoms with Crippen LogP contribution in [0.3, 0.4) is 0 Å². The van der Waals surface area contributed by atoms with E-state index in [0.717, 1.165) is 11.1 Å². The number of H-pyrrole nitrogens is 1. The number of ether oxygens (including phenoxy) is 1. The summed E-state index contributed by atoms with van der Waals surface area (Å²) in [7, 11) is 1.59. The van der Waals surface area contributed by atoms with Crippen molar-refractivity contribution in [2.45, 2.75) is 19.1 Å². The van der Waals surface area contributed by atoms with Crippen LogP contribution in [0.15, 0.2) is 35.0 Å². The summed E-state index contributed by atoms with van der Waals surface area (Å²) in [6, 6.07) is 7.78. The highest BCUT2D eigenvalue weighted by atomic mass is 16.5. The summed E-state index contributed by atoms with van der Waals surface area (Å²) in [6.45, 7) is 0.323. The van der Waals surface area contributed by atoms with Crippen LogP contribution in [0.4, 0.5) is 0 Å². The van der Waals surface area contributed by atoms with E-state index in [2.05, 4.69) is 21.2 Å². The molecule has 0 aliphatic carbocycles. The van der Waals surface area contributed by atoms with Gasteiger partial charge in [0.1, 0.15) is 6.61 Å². The van der Waals surface area contributed by atoms with Crippen LogP contribution in [-0.2, 0) is 17.8 Å². The molecule has 2 aromatic heterocycles. The lowest BCUT2D eigenvalue weighted by Crippen LogP contribution is -2.13. The van der Waals surface area contributed by atoms with E-state index in [1.807, 2.05) is 24.4 Å². The number of fused-ring (bicyclic) bond motifs is 1. The monoisotopic (exact) mass is 272 g/mol. The van der Waals surface area contributed by atoms with E-state index in [0.29, 0.717) is 24.7 Å². The lowest BCUT2D eigenvalue weighted by atomic mass is 10.1. The standard InChI is InChI=1S/C14H16N4O2/c1-19-8-13-17-14(20-18-13)11(15)6-9-7-16-12-5-3-2-4-10(9)12/h2-5,7,11,16H,6,8,15H2,1H3/t11-/m0/s1. The van der Waals surface area contributed by atoms with Gasteiger partial charge in [0, 0.05) is 24.2 Å². The summed E-state index contributed by atoms with van der Waals surface area (Å²) < 4.78 is 10.1. The highest BCUT2D eigenvalue weighted by molar-refractivity contribution is 5.83. The normalized spacial score (nSPS) is 12.9. The highest BCUT2D eigenvalue weighted by Crippen LogP contribution is 2.22. The molecule has 0 aliphatic rings. The Labute approximate surface area is 115 Å². The lowest BCUT2D eigenvalue weighted by Gasteiger charge is -2.05. The molecule has 6 nitrogen and oxygen atoms in total. The van der Waals surface area contributed by atoms with Gasteiger partial charge in [0.25, 0.3) is 0 Å². The van der Waals surface area contributed by atoms with E-state index < -0.39 is 0 Å². The van der Waals surface area contributed by atoms with Crippen molar-refractivity contribution in [1.82, 2.24) is 15.1 Å².